The number of nitrogen functional groups attached to an aromatic ring is 1. The van der Waals surface area contributed by atoms with E-state index in [9.17, 15) is 15.3 Å². The fourth-order valence-corrected chi connectivity index (χ4v) is 4.72. The lowest BCUT2D eigenvalue weighted by molar-refractivity contribution is -0.115. The van der Waals surface area contributed by atoms with Crippen molar-refractivity contribution in [2.75, 3.05) is 16.8 Å². The first-order valence-electron chi connectivity index (χ1n) is 8.04. The van der Waals surface area contributed by atoms with Gasteiger partial charge in [0.25, 0.3) is 0 Å². The first kappa shape index (κ1) is 19.8. The molecule has 0 aliphatic carbocycles. The number of carbonyl (C=O) groups excluding carboxylic acids is 1. The van der Waals surface area contributed by atoms with Gasteiger partial charge in [-0.05, 0) is 29.3 Å². The third-order valence-corrected chi connectivity index (χ3v) is 6.19. The predicted octanol–water partition coefficient (Wildman–Crippen LogP) is 4.02. The average Bonchev–Trinajstić information content (AvgIpc) is 3.33. The number of nitriles is 2. The summed E-state index contributed by atoms with van der Waals surface area (Å²) in [6.45, 7) is 1.86. The molecule has 0 fully saturated rings. The molecular formula is C18H14N6OS3. The minimum absolute atomic E-state index is 0.0768. The Labute approximate surface area is 173 Å². The second-order valence-corrected chi connectivity index (χ2v) is 8.33. The number of hydrogen-bond acceptors (Lipinski definition) is 9. The van der Waals surface area contributed by atoms with Crippen molar-refractivity contribution in [2.24, 2.45) is 0 Å². The molecule has 10 heteroatoms. The Kier molecular flexibility index (Phi) is 6.26. The van der Waals surface area contributed by atoms with Gasteiger partial charge in [0.15, 0.2) is 5.13 Å². The molecule has 0 aliphatic heterocycles. The van der Waals surface area contributed by atoms with Crippen LogP contribution in [0.2, 0.25) is 0 Å². The molecule has 0 aliphatic rings. The van der Waals surface area contributed by atoms with Crippen molar-refractivity contribution in [1.82, 2.24) is 9.97 Å². The van der Waals surface area contributed by atoms with E-state index in [0.717, 1.165) is 11.3 Å². The summed E-state index contributed by atoms with van der Waals surface area (Å²) in [6, 6.07) is 6.02. The third-order valence-electron chi connectivity index (χ3n) is 3.66. The summed E-state index contributed by atoms with van der Waals surface area (Å²) >= 11 is 4.10. The van der Waals surface area contributed by atoms with Crippen molar-refractivity contribution in [3.63, 3.8) is 0 Å². The summed E-state index contributed by atoms with van der Waals surface area (Å²) in [6.07, 6.45) is 0.226. The molecule has 3 aromatic heterocycles. The van der Waals surface area contributed by atoms with Crippen molar-refractivity contribution in [3.05, 3.63) is 39.0 Å². The van der Waals surface area contributed by atoms with Gasteiger partial charge in [0.2, 0.25) is 5.91 Å². The SMILES string of the molecule is Cc1csc(NC(=O)CCSc2nc(N)c(C#N)c(-c3ccsc3)c2C#N)n1. The molecule has 0 spiro atoms. The lowest BCUT2D eigenvalue weighted by atomic mass is 9.99. The van der Waals surface area contributed by atoms with Gasteiger partial charge in [0.05, 0.1) is 11.3 Å². The van der Waals surface area contributed by atoms with E-state index in [1.54, 1.807) is 0 Å². The molecule has 3 N–H and O–H groups in total. The van der Waals surface area contributed by atoms with Crippen LogP contribution in [-0.2, 0) is 4.79 Å². The van der Waals surface area contributed by atoms with Crippen molar-refractivity contribution in [3.8, 4) is 23.3 Å². The van der Waals surface area contributed by atoms with Gasteiger partial charge in [-0.15, -0.1) is 23.1 Å². The Morgan fingerprint density at radius 3 is 2.68 bits per heavy atom. The number of rotatable bonds is 6. The van der Waals surface area contributed by atoms with Crippen LogP contribution >= 0.6 is 34.4 Å². The summed E-state index contributed by atoms with van der Waals surface area (Å²) < 4.78 is 0. The predicted molar refractivity (Wildman–Crippen MR) is 112 cm³/mol. The Bertz CT molecular complexity index is 1090. The minimum atomic E-state index is -0.167. The molecule has 0 unspecified atom stereocenters. The van der Waals surface area contributed by atoms with Gasteiger partial charge in [-0.25, -0.2) is 9.97 Å². The van der Waals surface area contributed by atoms with Crippen LogP contribution in [-0.4, -0.2) is 21.6 Å². The zero-order valence-corrected chi connectivity index (χ0v) is 17.2. The van der Waals surface area contributed by atoms with Crippen molar-refractivity contribution >= 4 is 51.3 Å². The summed E-state index contributed by atoms with van der Waals surface area (Å²) in [4.78, 5) is 20.5. The van der Waals surface area contributed by atoms with E-state index in [1.165, 1.54) is 34.4 Å². The summed E-state index contributed by atoms with van der Waals surface area (Å²) in [5.74, 6) is 0.319. The molecule has 0 aromatic carbocycles. The molecule has 0 saturated carbocycles. The highest BCUT2D eigenvalue weighted by molar-refractivity contribution is 7.99. The van der Waals surface area contributed by atoms with Crippen LogP contribution in [0.1, 0.15) is 23.2 Å². The van der Waals surface area contributed by atoms with Gasteiger partial charge >= 0.3 is 0 Å². The maximum Gasteiger partial charge on any atom is 0.226 e. The summed E-state index contributed by atoms with van der Waals surface area (Å²) in [5, 5.41) is 28.4. The summed E-state index contributed by atoms with van der Waals surface area (Å²) in [5.41, 5.74) is 8.55. The Balaban J connectivity index is 1.78. The van der Waals surface area contributed by atoms with Crippen LogP contribution in [0.4, 0.5) is 10.9 Å². The number of thiazole rings is 1. The van der Waals surface area contributed by atoms with Crippen LogP contribution < -0.4 is 11.1 Å². The molecule has 3 rings (SSSR count). The number of nitrogens with one attached hydrogen (secondary N) is 1. The number of hydrogen-bond donors (Lipinski definition) is 2. The lowest BCUT2D eigenvalue weighted by Crippen LogP contribution is -2.12. The van der Waals surface area contributed by atoms with Gasteiger partial charge in [-0.3, -0.25) is 4.79 Å². The zero-order valence-electron chi connectivity index (χ0n) is 14.7. The van der Waals surface area contributed by atoms with Crippen LogP contribution in [0.25, 0.3) is 11.1 Å². The van der Waals surface area contributed by atoms with Crippen LogP contribution in [0, 0.1) is 29.6 Å². The third kappa shape index (κ3) is 4.31. The number of nitrogens with zero attached hydrogens (tertiary/aromatic N) is 4. The van der Waals surface area contributed by atoms with E-state index >= 15 is 0 Å². The van der Waals surface area contributed by atoms with Gasteiger partial charge < -0.3 is 11.1 Å². The van der Waals surface area contributed by atoms with E-state index in [-0.39, 0.29) is 23.7 Å². The molecule has 3 heterocycles. The molecule has 0 radical (unpaired) electrons. The monoisotopic (exact) mass is 426 g/mol. The second-order valence-electron chi connectivity index (χ2n) is 5.60. The second kappa shape index (κ2) is 8.85. The number of pyridine rings is 1. The maximum absolute atomic E-state index is 12.1. The highest BCUT2D eigenvalue weighted by atomic mass is 32.2. The van der Waals surface area contributed by atoms with E-state index in [0.29, 0.717) is 27.0 Å². The molecule has 0 atom stereocenters. The summed E-state index contributed by atoms with van der Waals surface area (Å²) in [7, 11) is 0. The number of aryl methyl sites for hydroxylation is 1. The molecule has 3 aromatic rings. The standard InChI is InChI=1S/C18H14N6OS3/c1-10-8-28-18(22-10)23-14(25)3-5-27-17-13(7-20)15(11-2-4-26-9-11)12(6-19)16(21)24-17/h2,4,8-9H,3,5H2,1H3,(H2,21,24)(H,22,23,25). The molecule has 1 amide bonds. The van der Waals surface area contributed by atoms with Crippen LogP contribution in [0.15, 0.2) is 27.2 Å². The number of nitrogens with two attached hydrogens (primary N) is 1. The quantitative estimate of drug-likeness (QED) is 0.569. The van der Waals surface area contributed by atoms with E-state index in [2.05, 4.69) is 21.4 Å². The number of carbonyl (C=O) groups is 1. The molecule has 28 heavy (non-hydrogen) atoms. The Hall–Kier alpha value is -2.92. The van der Waals surface area contributed by atoms with E-state index in [1.807, 2.05) is 35.2 Å². The topological polar surface area (TPSA) is 128 Å². The zero-order chi connectivity index (χ0) is 20.1. The Morgan fingerprint density at radius 2 is 2.07 bits per heavy atom. The van der Waals surface area contributed by atoms with Gasteiger partial charge in [0, 0.05) is 23.1 Å². The van der Waals surface area contributed by atoms with Gasteiger partial charge in [0.1, 0.15) is 28.5 Å². The molecule has 7 nitrogen and oxygen atoms in total. The fourth-order valence-electron chi connectivity index (χ4n) is 2.43. The molecular weight excluding hydrogens is 412 g/mol. The smallest absolute Gasteiger partial charge is 0.226 e. The maximum atomic E-state index is 12.1. The molecule has 0 saturated heterocycles. The normalized spacial score (nSPS) is 10.2. The number of aromatic nitrogens is 2. The Morgan fingerprint density at radius 1 is 1.29 bits per heavy atom. The van der Waals surface area contributed by atoms with Gasteiger partial charge in [-0.1, -0.05) is 0 Å². The van der Waals surface area contributed by atoms with E-state index < -0.39 is 0 Å². The van der Waals surface area contributed by atoms with Gasteiger partial charge in [-0.2, -0.15) is 21.9 Å². The average molecular weight is 427 g/mol. The highest BCUT2D eigenvalue weighted by Crippen LogP contribution is 2.36. The van der Waals surface area contributed by atoms with Crippen LogP contribution in [0.5, 0.6) is 0 Å². The first-order chi connectivity index (χ1) is 13.5. The molecule has 0 bridgehead atoms. The fraction of sp³-hybridized carbons (Fsp3) is 0.167. The number of thioether (sulfide) groups is 1. The highest BCUT2D eigenvalue weighted by Gasteiger charge is 2.21. The van der Waals surface area contributed by atoms with Crippen molar-refractivity contribution < 1.29 is 4.79 Å². The number of amides is 1. The van der Waals surface area contributed by atoms with Crippen molar-refractivity contribution in [1.29, 1.82) is 10.5 Å². The molecule has 140 valence electrons. The van der Waals surface area contributed by atoms with E-state index in [4.69, 9.17) is 5.73 Å². The lowest BCUT2D eigenvalue weighted by Gasteiger charge is -2.11. The van der Waals surface area contributed by atoms with Crippen LogP contribution in [0.3, 0.4) is 0 Å². The number of anilines is 2. The number of thiophene rings is 1. The van der Waals surface area contributed by atoms with Crippen molar-refractivity contribution in [2.45, 2.75) is 18.4 Å². The first-order valence-corrected chi connectivity index (χ1v) is 10.8. The minimum Gasteiger partial charge on any atom is -0.383 e. The largest absolute Gasteiger partial charge is 0.383 e.